The molecule has 4 heterocycles. The first kappa shape index (κ1) is 62.4. The minimum absolute atomic E-state index is 0.122. The minimum atomic E-state index is -2.37. The fourth-order valence-corrected chi connectivity index (χ4v) is 9.12. The van der Waals surface area contributed by atoms with Gasteiger partial charge >= 0.3 is 47.8 Å². The molecule has 0 bridgehead atoms. The number of hydrogen-bond donors (Lipinski definition) is 0. The third-order valence-corrected chi connectivity index (χ3v) is 12.8. The van der Waals surface area contributed by atoms with Crippen molar-refractivity contribution in [3.05, 3.63) is 144 Å². The van der Waals surface area contributed by atoms with E-state index < -0.39 is 127 Å². The van der Waals surface area contributed by atoms with E-state index >= 15 is 0 Å². The molecule has 0 aliphatic carbocycles. The zero-order chi connectivity index (χ0) is 61.1. The van der Waals surface area contributed by atoms with Gasteiger partial charge in [-0.2, -0.15) is 0 Å². The minimum Gasteiger partial charge on any atom is -0.460 e. The van der Waals surface area contributed by atoms with Gasteiger partial charge in [0, 0.05) is 52.0 Å². The van der Waals surface area contributed by atoms with E-state index in [1.807, 2.05) is 0 Å². The van der Waals surface area contributed by atoms with Crippen LogP contribution in [0, 0.1) is 0 Å². The second-order valence-corrected chi connectivity index (χ2v) is 20.5. The van der Waals surface area contributed by atoms with E-state index in [0.29, 0.717) is 28.0 Å². The molecule has 9 atom stereocenters. The number of rotatable bonds is 17. The van der Waals surface area contributed by atoms with Crippen LogP contribution >= 0.6 is 0 Å². The van der Waals surface area contributed by atoms with Gasteiger partial charge in [-0.05, 0) is 123 Å². The van der Waals surface area contributed by atoms with E-state index in [1.54, 1.807) is 88.4 Å². The average molecular weight is 1180 g/mol. The lowest BCUT2D eigenvalue weighted by atomic mass is 9.96. The molecule has 4 aliphatic heterocycles. The molecule has 4 aliphatic rings. The van der Waals surface area contributed by atoms with E-state index in [1.165, 1.54) is 94.5 Å². The Morgan fingerprint density at radius 3 is 1.26 bits per heavy atom. The largest absolute Gasteiger partial charge is 0.460 e. The lowest BCUT2D eigenvalue weighted by Crippen LogP contribution is -2.70. The van der Waals surface area contributed by atoms with Gasteiger partial charge in [-0.3, -0.25) is 19.2 Å². The van der Waals surface area contributed by atoms with Crippen molar-refractivity contribution in [2.24, 2.45) is 0 Å². The van der Waals surface area contributed by atoms with Gasteiger partial charge in [0.15, 0.2) is 42.3 Å². The summed E-state index contributed by atoms with van der Waals surface area (Å²) in [6.45, 7) is 9.99. The number of benzene rings is 4. The topological polar surface area (TPSA) is 275 Å². The first-order valence-corrected chi connectivity index (χ1v) is 26.7. The van der Waals surface area contributed by atoms with Crippen molar-refractivity contribution < 1.29 is 109 Å². The molecule has 1 spiro atoms. The van der Waals surface area contributed by atoms with Crippen LogP contribution in [0.4, 0.5) is 0 Å². The summed E-state index contributed by atoms with van der Waals surface area (Å²) in [5, 5.41) is 0. The van der Waals surface area contributed by atoms with Gasteiger partial charge in [0.25, 0.3) is 0 Å². The van der Waals surface area contributed by atoms with Crippen molar-refractivity contribution in [1.29, 1.82) is 0 Å². The Hall–Kier alpha value is -8.68. The maximum atomic E-state index is 14.3. The second-order valence-electron chi connectivity index (χ2n) is 20.5. The Morgan fingerprint density at radius 1 is 0.459 bits per heavy atom. The van der Waals surface area contributed by atoms with Crippen LogP contribution in [-0.2, 0) is 90.5 Å². The zero-order valence-electron chi connectivity index (χ0n) is 47.5. The summed E-state index contributed by atoms with van der Waals surface area (Å²) in [7, 11) is 0. The molecular formula is C62H62O23. The quantitative estimate of drug-likeness (QED) is 0.0447. The SMILES string of the molecule is CC(=O)Oc1ccc(/C=C/C(=O)OC[C@H]2O[C@]3(COC(C)(C)O[C@H]4[C@H](O[C@@H]5COC(C)(C)O[C@H]5[C@@H]4OC(=O)/C=C/c4ccc(OC(C)=O)cc4)O3)[C@@H](OC(=O)/C=C/c3ccc(OC(C)=O)cc3)[C@@H]2OC(=O)/C=C/c2ccc(OC(C)=O)cc2)cc1. The average Bonchev–Trinajstić information content (AvgIpc) is 2.24. The molecule has 0 amide bonds. The van der Waals surface area contributed by atoms with Gasteiger partial charge in [0.1, 0.15) is 54.5 Å². The third kappa shape index (κ3) is 17.7. The molecule has 8 rings (SSSR count). The van der Waals surface area contributed by atoms with Crippen LogP contribution in [0.15, 0.2) is 121 Å². The highest BCUT2D eigenvalue weighted by atomic mass is 16.9. The van der Waals surface area contributed by atoms with Crippen LogP contribution in [0.5, 0.6) is 23.0 Å². The maximum Gasteiger partial charge on any atom is 0.331 e. The Labute approximate surface area is 488 Å². The molecule has 4 fully saturated rings. The Morgan fingerprint density at radius 2 is 0.835 bits per heavy atom. The van der Waals surface area contributed by atoms with Crippen LogP contribution in [0.3, 0.4) is 0 Å². The fraction of sp³-hybridized carbons (Fsp3) is 0.355. The zero-order valence-corrected chi connectivity index (χ0v) is 47.5. The summed E-state index contributed by atoms with van der Waals surface area (Å²) < 4.78 is 90.5. The summed E-state index contributed by atoms with van der Waals surface area (Å²) >= 11 is 0. The molecule has 0 aromatic heterocycles. The van der Waals surface area contributed by atoms with Crippen molar-refractivity contribution in [2.45, 2.75) is 122 Å². The molecule has 23 nitrogen and oxygen atoms in total. The van der Waals surface area contributed by atoms with E-state index in [2.05, 4.69) is 0 Å². The van der Waals surface area contributed by atoms with Crippen molar-refractivity contribution >= 4 is 72.1 Å². The number of carbonyl (C=O) groups excluding carboxylic acids is 8. The summed E-state index contributed by atoms with van der Waals surface area (Å²) in [6.07, 6.45) is -1.45. The monoisotopic (exact) mass is 1170 g/mol. The summed E-state index contributed by atoms with van der Waals surface area (Å²) in [5.41, 5.74) is 2.04. The lowest BCUT2D eigenvalue weighted by Gasteiger charge is -2.53. The fourth-order valence-electron chi connectivity index (χ4n) is 9.12. The Bertz CT molecular complexity index is 3210. The smallest absolute Gasteiger partial charge is 0.331 e. The Kier molecular flexibility index (Phi) is 20.1. The van der Waals surface area contributed by atoms with Gasteiger partial charge < -0.3 is 71.1 Å². The second kappa shape index (κ2) is 27.4. The van der Waals surface area contributed by atoms with Gasteiger partial charge in [-0.1, -0.05) is 48.5 Å². The number of fused-ring (bicyclic) bond motifs is 2. The number of ether oxygens (including phenoxy) is 15. The van der Waals surface area contributed by atoms with E-state index in [9.17, 15) is 38.4 Å². The number of carbonyl (C=O) groups is 8. The molecule has 4 aromatic rings. The van der Waals surface area contributed by atoms with Gasteiger partial charge in [0.2, 0.25) is 5.79 Å². The molecule has 85 heavy (non-hydrogen) atoms. The molecule has 0 unspecified atom stereocenters. The van der Waals surface area contributed by atoms with E-state index in [-0.39, 0.29) is 23.9 Å². The molecule has 0 radical (unpaired) electrons. The predicted octanol–water partition coefficient (Wildman–Crippen LogP) is 6.96. The van der Waals surface area contributed by atoms with Crippen LogP contribution < -0.4 is 18.9 Å². The van der Waals surface area contributed by atoms with Gasteiger partial charge in [-0.25, -0.2) is 19.2 Å². The summed E-state index contributed by atoms with van der Waals surface area (Å²) in [6, 6.07) is 24.9. The molecular weight excluding hydrogens is 1110 g/mol. The van der Waals surface area contributed by atoms with E-state index in [4.69, 9.17) is 71.1 Å². The first-order chi connectivity index (χ1) is 40.4. The Balaban J connectivity index is 1.15. The molecule has 4 aromatic carbocycles. The lowest BCUT2D eigenvalue weighted by molar-refractivity contribution is -0.454. The highest BCUT2D eigenvalue weighted by molar-refractivity contribution is 5.89. The van der Waals surface area contributed by atoms with Crippen LogP contribution in [0.1, 0.15) is 77.6 Å². The van der Waals surface area contributed by atoms with Crippen molar-refractivity contribution in [3.63, 3.8) is 0 Å². The first-order valence-electron chi connectivity index (χ1n) is 26.7. The normalized spacial score (nSPS) is 25.0. The molecule has 0 saturated carbocycles. The molecule has 23 heteroatoms. The number of hydrogen-bond acceptors (Lipinski definition) is 23. The standard InChI is InChI=1S/C62H62O23/c1-36(63)74-44-21-9-40(10-22-44)17-29-50(67)71-33-49-55(79-51(68)30-18-41-11-23-45(24-12-41)75-37(2)64)58(81-53(70)32-20-43-15-27-47(28-16-43)77-39(4)66)62(82-49)35-73-61(7,8)84-57-56(54-48(78-59(57)85-62)34-72-60(5,6)83-54)80-52(69)31-19-42-13-25-46(26-14-42)76-38(3)65/h9-32,48-49,54-59H,33-35H2,1-8H3/b29-17+,30-18+,31-19+,32-20+/t48-,49-,54-,55-,56+,57-,58+,59-,62+/m1/s1. The van der Waals surface area contributed by atoms with Crippen LogP contribution in [0.2, 0.25) is 0 Å². The van der Waals surface area contributed by atoms with Crippen molar-refractivity contribution in [2.75, 3.05) is 19.8 Å². The predicted molar refractivity (Wildman–Crippen MR) is 295 cm³/mol. The highest BCUT2D eigenvalue weighted by Crippen LogP contribution is 2.45. The third-order valence-electron chi connectivity index (χ3n) is 12.8. The highest BCUT2D eigenvalue weighted by Gasteiger charge is 2.66. The van der Waals surface area contributed by atoms with Crippen molar-refractivity contribution in [1.82, 2.24) is 0 Å². The van der Waals surface area contributed by atoms with Crippen LogP contribution in [-0.4, -0.2) is 134 Å². The number of esters is 8. The van der Waals surface area contributed by atoms with Gasteiger partial charge in [0.05, 0.1) is 6.61 Å². The molecule has 4 saturated heterocycles. The molecule has 0 N–H and O–H groups in total. The summed E-state index contributed by atoms with van der Waals surface area (Å²) in [4.78, 5) is 102. The van der Waals surface area contributed by atoms with Gasteiger partial charge in [-0.15, -0.1) is 0 Å². The van der Waals surface area contributed by atoms with E-state index in [0.717, 1.165) is 18.2 Å². The van der Waals surface area contributed by atoms with Crippen molar-refractivity contribution in [3.8, 4) is 23.0 Å². The maximum absolute atomic E-state index is 14.3. The summed E-state index contributed by atoms with van der Waals surface area (Å²) in [5.74, 6) is -10.0. The molecule has 448 valence electrons. The van der Waals surface area contributed by atoms with Crippen LogP contribution in [0.25, 0.3) is 24.3 Å².